The SMILES string of the molecule is O=C(Cn1nc(-c2ccccc2)ccc1=O)NC1CCS(=O)(=O)C1. The molecule has 24 heavy (non-hydrogen) atoms. The molecule has 2 aromatic rings. The van der Waals surface area contributed by atoms with Crippen molar-refractivity contribution in [3.63, 3.8) is 0 Å². The number of rotatable bonds is 4. The topological polar surface area (TPSA) is 98.1 Å². The van der Waals surface area contributed by atoms with E-state index in [1.165, 1.54) is 6.07 Å². The van der Waals surface area contributed by atoms with E-state index in [0.717, 1.165) is 10.2 Å². The molecule has 1 N–H and O–H groups in total. The van der Waals surface area contributed by atoms with Crippen LogP contribution in [-0.4, -0.2) is 41.7 Å². The largest absolute Gasteiger partial charge is 0.351 e. The number of nitrogens with one attached hydrogen (secondary N) is 1. The third-order valence-corrected chi connectivity index (χ3v) is 5.60. The van der Waals surface area contributed by atoms with E-state index in [1.54, 1.807) is 6.07 Å². The summed E-state index contributed by atoms with van der Waals surface area (Å²) in [7, 11) is -3.06. The van der Waals surface area contributed by atoms with Gasteiger partial charge in [-0.25, -0.2) is 13.1 Å². The van der Waals surface area contributed by atoms with E-state index in [0.29, 0.717) is 12.1 Å². The number of hydrogen-bond acceptors (Lipinski definition) is 5. The van der Waals surface area contributed by atoms with Gasteiger partial charge in [0, 0.05) is 17.7 Å². The molecule has 1 saturated heterocycles. The van der Waals surface area contributed by atoms with Crippen LogP contribution in [0.4, 0.5) is 0 Å². The number of sulfone groups is 1. The molecule has 1 fully saturated rings. The molecular weight excluding hydrogens is 330 g/mol. The van der Waals surface area contributed by atoms with Crippen LogP contribution in [0.15, 0.2) is 47.3 Å². The Morgan fingerprint density at radius 2 is 1.96 bits per heavy atom. The van der Waals surface area contributed by atoms with Crippen LogP contribution in [-0.2, 0) is 21.2 Å². The number of hydrogen-bond donors (Lipinski definition) is 1. The second kappa shape index (κ2) is 6.56. The van der Waals surface area contributed by atoms with Gasteiger partial charge in [-0.05, 0) is 12.5 Å². The van der Waals surface area contributed by atoms with Gasteiger partial charge in [-0.3, -0.25) is 9.59 Å². The smallest absolute Gasteiger partial charge is 0.267 e. The minimum absolute atomic E-state index is 0.0505. The zero-order valence-electron chi connectivity index (χ0n) is 12.9. The Labute approximate surface area is 139 Å². The maximum atomic E-state index is 12.1. The Balaban J connectivity index is 1.73. The van der Waals surface area contributed by atoms with Gasteiger partial charge in [0.25, 0.3) is 5.56 Å². The second-order valence-electron chi connectivity index (χ2n) is 5.75. The summed E-state index contributed by atoms with van der Waals surface area (Å²) in [6.07, 6.45) is 0.403. The van der Waals surface area contributed by atoms with E-state index in [-0.39, 0.29) is 23.6 Å². The Morgan fingerprint density at radius 1 is 1.21 bits per heavy atom. The van der Waals surface area contributed by atoms with E-state index in [9.17, 15) is 18.0 Å². The quantitative estimate of drug-likeness (QED) is 0.853. The highest BCUT2D eigenvalue weighted by Gasteiger charge is 2.28. The second-order valence-corrected chi connectivity index (χ2v) is 7.98. The third-order valence-electron chi connectivity index (χ3n) is 3.83. The summed E-state index contributed by atoms with van der Waals surface area (Å²) in [5, 5.41) is 6.86. The highest BCUT2D eigenvalue weighted by Crippen LogP contribution is 2.14. The number of carbonyl (C=O) groups excluding carboxylic acids is 1. The highest BCUT2D eigenvalue weighted by molar-refractivity contribution is 7.91. The molecule has 7 nitrogen and oxygen atoms in total. The fraction of sp³-hybridized carbons (Fsp3) is 0.312. The van der Waals surface area contributed by atoms with Crippen LogP contribution in [0.5, 0.6) is 0 Å². The first-order valence-corrected chi connectivity index (χ1v) is 9.38. The molecule has 126 valence electrons. The zero-order valence-corrected chi connectivity index (χ0v) is 13.7. The predicted octanol–water partition coefficient (Wildman–Crippen LogP) is 0.214. The first-order valence-electron chi connectivity index (χ1n) is 7.56. The molecule has 0 saturated carbocycles. The van der Waals surface area contributed by atoms with Crippen LogP contribution in [0.3, 0.4) is 0 Å². The minimum atomic E-state index is -3.06. The lowest BCUT2D eigenvalue weighted by molar-refractivity contribution is -0.122. The number of benzene rings is 1. The molecule has 1 amide bonds. The Bertz CT molecular complexity index is 906. The number of amides is 1. The van der Waals surface area contributed by atoms with Gasteiger partial charge < -0.3 is 5.32 Å². The monoisotopic (exact) mass is 347 g/mol. The van der Waals surface area contributed by atoms with Crippen molar-refractivity contribution >= 4 is 15.7 Å². The van der Waals surface area contributed by atoms with E-state index >= 15 is 0 Å². The third kappa shape index (κ3) is 3.88. The van der Waals surface area contributed by atoms with E-state index < -0.39 is 21.8 Å². The van der Waals surface area contributed by atoms with Crippen LogP contribution >= 0.6 is 0 Å². The van der Waals surface area contributed by atoms with Crippen LogP contribution < -0.4 is 10.9 Å². The summed E-state index contributed by atoms with van der Waals surface area (Å²) in [6, 6.07) is 11.9. The first kappa shape index (κ1) is 16.4. The lowest BCUT2D eigenvalue weighted by atomic mass is 10.1. The van der Waals surface area contributed by atoms with Gasteiger partial charge in [0.1, 0.15) is 6.54 Å². The van der Waals surface area contributed by atoms with Crippen molar-refractivity contribution < 1.29 is 13.2 Å². The lowest BCUT2D eigenvalue weighted by Gasteiger charge is -2.12. The van der Waals surface area contributed by atoms with Gasteiger partial charge in [0.15, 0.2) is 9.84 Å². The Hall–Kier alpha value is -2.48. The van der Waals surface area contributed by atoms with Gasteiger partial charge in [-0.15, -0.1) is 0 Å². The fourth-order valence-electron chi connectivity index (χ4n) is 2.64. The van der Waals surface area contributed by atoms with E-state index in [2.05, 4.69) is 10.4 Å². The van der Waals surface area contributed by atoms with Crippen molar-refractivity contribution in [1.29, 1.82) is 0 Å². The fourth-order valence-corrected chi connectivity index (χ4v) is 4.32. The normalized spacial score (nSPS) is 19.1. The Morgan fingerprint density at radius 3 is 2.62 bits per heavy atom. The average molecular weight is 347 g/mol. The van der Waals surface area contributed by atoms with Crippen molar-refractivity contribution in [3.05, 3.63) is 52.8 Å². The van der Waals surface area contributed by atoms with E-state index in [4.69, 9.17) is 0 Å². The number of aromatic nitrogens is 2. The first-order chi connectivity index (χ1) is 11.4. The molecule has 1 aliphatic heterocycles. The molecule has 3 rings (SSSR count). The molecule has 0 radical (unpaired) electrons. The van der Waals surface area contributed by atoms with Crippen molar-refractivity contribution in [3.8, 4) is 11.3 Å². The van der Waals surface area contributed by atoms with Crippen molar-refractivity contribution in [2.45, 2.75) is 19.0 Å². The Kier molecular flexibility index (Phi) is 4.48. The molecule has 0 spiro atoms. The average Bonchev–Trinajstić information content (AvgIpc) is 2.89. The van der Waals surface area contributed by atoms with Gasteiger partial charge in [-0.2, -0.15) is 5.10 Å². The highest BCUT2D eigenvalue weighted by atomic mass is 32.2. The van der Waals surface area contributed by atoms with Crippen LogP contribution in [0.2, 0.25) is 0 Å². The maximum Gasteiger partial charge on any atom is 0.267 e. The van der Waals surface area contributed by atoms with E-state index in [1.807, 2.05) is 30.3 Å². The van der Waals surface area contributed by atoms with Gasteiger partial charge in [-0.1, -0.05) is 30.3 Å². The molecule has 2 heterocycles. The maximum absolute atomic E-state index is 12.1. The molecule has 1 aliphatic rings. The summed E-state index contributed by atoms with van der Waals surface area (Å²) in [4.78, 5) is 24.0. The summed E-state index contributed by atoms with van der Waals surface area (Å²) in [6.45, 7) is -0.240. The van der Waals surface area contributed by atoms with Gasteiger partial charge in [0.05, 0.1) is 17.2 Å². The van der Waals surface area contributed by atoms with Gasteiger partial charge in [0.2, 0.25) is 5.91 Å². The summed E-state index contributed by atoms with van der Waals surface area (Å²) >= 11 is 0. The summed E-state index contributed by atoms with van der Waals surface area (Å²) < 4.78 is 23.9. The summed E-state index contributed by atoms with van der Waals surface area (Å²) in [5.74, 6) is -0.387. The molecule has 1 aromatic carbocycles. The molecule has 1 atom stereocenters. The standard InChI is InChI=1S/C16H17N3O4S/c20-15(17-13-8-9-24(22,23)11-13)10-19-16(21)7-6-14(18-19)12-4-2-1-3-5-12/h1-7,13H,8-11H2,(H,17,20). The molecule has 0 aliphatic carbocycles. The molecule has 1 aromatic heterocycles. The number of nitrogens with zero attached hydrogens (tertiary/aromatic N) is 2. The predicted molar refractivity (Wildman–Crippen MR) is 89.1 cm³/mol. The molecule has 0 bridgehead atoms. The molecule has 8 heteroatoms. The van der Waals surface area contributed by atoms with Crippen LogP contribution in [0.1, 0.15) is 6.42 Å². The van der Waals surface area contributed by atoms with Crippen LogP contribution in [0.25, 0.3) is 11.3 Å². The molecular formula is C16H17N3O4S. The zero-order chi connectivity index (χ0) is 17.2. The van der Waals surface area contributed by atoms with Crippen molar-refractivity contribution in [1.82, 2.24) is 15.1 Å². The van der Waals surface area contributed by atoms with Gasteiger partial charge >= 0.3 is 0 Å². The number of carbonyl (C=O) groups is 1. The van der Waals surface area contributed by atoms with Crippen molar-refractivity contribution in [2.24, 2.45) is 0 Å². The van der Waals surface area contributed by atoms with Crippen molar-refractivity contribution in [2.75, 3.05) is 11.5 Å². The lowest BCUT2D eigenvalue weighted by Crippen LogP contribution is -2.40. The molecule has 1 unspecified atom stereocenters. The van der Waals surface area contributed by atoms with Crippen LogP contribution in [0, 0.1) is 0 Å². The summed E-state index contributed by atoms with van der Waals surface area (Å²) in [5.41, 5.74) is 1.05. The minimum Gasteiger partial charge on any atom is -0.351 e.